The standard InChI is InChI=1S/C18H13Cl2N5O2S/c19-12-4-6-14(7-5-12)26-9-15-21-18(24-23-15)28-10-16-22-17(25-27-16)11-2-1-3-13(20)8-11/h1-8H,9-10H2,(H,21,23,24). The summed E-state index contributed by atoms with van der Waals surface area (Å²) < 4.78 is 10.9. The van der Waals surface area contributed by atoms with Gasteiger partial charge in [-0.15, -0.1) is 5.10 Å². The minimum atomic E-state index is 0.272. The number of H-pyrrole nitrogens is 1. The smallest absolute Gasteiger partial charge is 0.237 e. The number of nitrogens with one attached hydrogen (secondary N) is 1. The summed E-state index contributed by atoms with van der Waals surface area (Å²) in [5, 5.41) is 12.8. The molecule has 2 heterocycles. The Labute approximate surface area is 174 Å². The Morgan fingerprint density at radius 3 is 2.71 bits per heavy atom. The Morgan fingerprint density at radius 2 is 1.89 bits per heavy atom. The summed E-state index contributed by atoms with van der Waals surface area (Å²) in [6.07, 6.45) is 0. The van der Waals surface area contributed by atoms with Gasteiger partial charge in [-0.05, 0) is 36.4 Å². The van der Waals surface area contributed by atoms with E-state index in [-0.39, 0.29) is 6.61 Å². The Kier molecular flexibility index (Phi) is 5.80. The number of nitrogens with zero attached hydrogens (tertiary/aromatic N) is 4. The quantitative estimate of drug-likeness (QED) is 0.408. The SMILES string of the molecule is Clc1ccc(OCc2nc(SCc3nc(-c4cccc(Cl)c4)no3)n[nH]2)cc1. The summed E-state index contributed by atoms with van der Waals surface area (Å²) in [5.74, 6) is 2.73. The predicted octanol–water partition coefficient (Wildman–Crippen LogP) is 5.03. The lowest BCUT2D eigenvalue weighted by atomic mass is 10.2. The molecule has 0 aliphatic carbocycles. The first-order chi connectivity index (χ1) is 13.7. The maximum atomic E-state index is 5.99. The molecule has 142 valence electrons. The summed E-state index contributed by atoms with van der Waals surface area (Å²) in [5.41, 5.74) is 0.798. The highest BCUT2D eigenvalue weighted by molar-refractivity contribution is 7.98. The first-order valence-electron chi connectivity index (χ1n) is 8.17. The molecule has 0 aliphatic heterocycles. The number of aromatic amines is 1. The van der Waals surface area contributed by atoms with Crippen LogP contribution in [-0.4, -0.2) is 25.3 Å². The van der Waals surface area contributed by atoms with Crippen LogP contribution in [-0.2, 0) is 12.4 Å². The van der Waals surface area contributed by atoms with Gasteiger partial charge in [0.15, 0.2) is 5.82 Å². The number of benzene rings is 2. The van der Waals surface area contributed by atoms with Crippen molar-refractivity contribution < 1.29 is 9.26 Å². The second-order valence-corrected chi connectivity index (χ2v) is 7.43. The molecular weight excluding hydrogens is 421 g/mol. The topological polar surface area (TPSA) is 89.7 Å². The number of hydrogen-bond acceptors (Lipinski definition) is 7. The first kappa shape index (κ1) is 18.8. The fraction of sp³-hybridized carbons (Fsp3) is 0.111. The summed E-state index contributed by atoms with van der Waals surface area (Å²) >= 11 is 13.2. The zero-order valence-corrected chi connectivity index (χ0v) is 16.6. The van der Waals surface area contributed by atoms with E-state index in [0.717, 1.165) is 5.56 Å². The third-order valence-corrected chi connectivity index (χ3v) is 4.90. The molecule has 4 rings (SSSR count). The van der Waals surface area contributed by atoms with Gasteiger partial charge in [-0.2, -0.15) is 4.98 Å². The lowest BCUT2D eigenvalue weighted by Crippen LogP contribution is -1.97. The number of rotatable bonds is 7. The van der Waals surface area contributed by atoms with E-state index in [1.54, 1.807) is 36.4 Å². The highest BCUT2D eigenvalue weighted by atomic mass is 35.5. The van der Waals surface area contributed by atoms with Crippen LogP contribution < -0.4 is 4.74 Å². The molecule has 0 aliphatic rings. The molecule has 28 heavy (non-hydrogen) atoms. The van der Waals surface area contributed by atoms with Crippen LogP contribution >= 0.6 is 35.0 Å². The fourth-order valence-electron chi connectivity index (χ4n) is 2.27. The van der Waals surface area contributed by atoms with Gasteiger partial charge < -0.3 is 9.26 Å². The molecule has 0 fully saturated rings. The summed E-state index contributed by atoms with van der Waals surface area (Å²) in [6, 6.07) is 14.4. The second kappa shape index (κ2) is 8.64. The fourth-order valence-corrected chi connectivity index (χ4v) is 3.25. The van der Waals surface area contributed by atoms with E-state index in [1.165, 1.54) is 11.8 Å². The van der Waals surface area contributed by atoms with Crippen LogP contribution in [0.4, 0.5) is 0 Å². The van der Waals surface area contributed by atoms with E-state index in [4.69, 9.17) is 32.5 Å². The summed E-state index contributed by atoms with van der Waals surface area (Å²) in [4.78, 5) is 8.74. The van der Waals surface area contributed by atoms with Gasteiger partial charge >= 0.3 is 0 Å². The van der Waals surface area contributed by atoms with Crippen LogP contribution in [0.1, 0.15) is 11.7 Å². The summed E-state index contributed by atoms with van der Waals surface area (Å²) in [6.45, 7) is 0.272. The molecule has 2 aromatic carbocycles. The highest BCUT2D eigenvalue weighted by Gasteiger charge is 2.11. The minimum Gasteiger partial charge on any atom is -0.486 e. The molecule has 0 radical (unpaired) electrons. The van der Waals surface area contributed by atoms with Crippen molar-refractivity contribution in [3.63, 3.8) is 0 Å². The van der Waals surface area contributed by atoms with Crippen LogP contribution in [0, 0.1) is 0 Å². The Bertz CT molecular complexity index is 1070. The molecule has 10 heteroatoms. The van der Waals surface area contributed by atoms with Crippen molar-refractivity contribution in [1.82, 2.24) is 25.3 Å². The van der Waals surface area contributed by atoms with Crippen LogP contribution in [0.15, 0.2) is 58.2 Å². The lowest BCUT2D eigenvalue weighted by Gasteiger charge is -2.02. The average molecular weight is 434 g/mol. The van der Waals surface area contributed by atoms with Crippen molar-refractivity contribution in [1.29, 1.82) is 0 Å². The predicted molar refractivity (Wildman–Crippen MR) is 106 cm³/mol. The normalized spacial score (nSPS) is 10.9. The van der Waals surface area contributed by atoms with Crippen molar-refractivity contribution >= 4 is 35.0 Å². The maximum Gasteiger partial charge on any atom is 0.237 e. The van der Waals surface area contributed by atoms with E-state index in [9.17, 15) is 0 Å². The number of ether oxygens (including phenoxy) is 1. The van der Waals surface area contributed by atoms with E-state index in [2.05, 4.69) is 25.3 Å². The van der Waals surface area contributed by atoms with Crippen molar-refractivity contribution in [2.24, 2.45) is 0 Å². The van der Waals surface area contributed by atoms with Gasteiger partial charge in [0.1, 0.15) is 12.4 Å². The third-order valence-electron chi connectivity index (χ3n) is 3.58. The molecule has 0 saturated heterocycles. The van der Waals surface area contributed by atoms with Gasteiger partial charge in [0.05, 0.1) is 5.75 Å². The zero-order valence-electron chi connectivity index (χ0n) is 14.3. The monoisotopic (exact) mass is 433 g/mol. The van der Waals surface area contributed by atoms with Gasteiger partial charge in [-0.25, -0.2) is 4.98 Å². The molecule has 2 aromatic heterocycles. The molecule has 0 spiro atoms. The van der Waals surface area contributed by atoms with Gasteiger partial charge in [-0.1, -0.05) is 52.3 Å². The van der Waals surface area contributed by atoms with Gasteiger partial charge in [0, 0.05) is 15.6 Å². The number of aromatic nitrogens is 5. The molecule has 4 aromatic rings. The maximum absolute atomic E-state index is 5.99. The van der Waals surface area contributed by atoms with Crippen molar-refractivity contribution in [2.75, 3.05) is 0 Å². The number of halogens is 2. The largest absolute Gasteiger partial charge is 0.486 e. The molecule has 0 bridgehead atoms. The molecule has 0 unspecified atom stereocenters. The van der Waals surface area contributed by atoms with Crippen LogP contribution in [0.25, 0.3) is 11.4 Å². The van der Waals surface area contributed by atoms with Gasteiger partial charge in [-0.3, -0.25) is 5.10 Å². The molecule has 0 atom stereocenters. The minimum absolute atomic E-state index is 0.272. The van der Waals surface area contributed by atoms with Crippen LogP contribution in [0.5, 0.6) is 5.75 Å². The van der Waals surface area contributed by atoms with Crippen molar-refractivity contribution in [3.05, 3.63) is 70.3 Å². The lowest BCUT2D eigenvalue weighted by molar-refractivity contribution is 0.296. The Balaban J connectivity index is 1.31. The van der Waals surface area contributed by atoms with Gasteiger partial charge in [0.2, 0.25) is 16.9 Å². The first-order valence-corrected chi connectivity index (χ1v) is 9.91. The highest BCUT2D eigenvalue weighted by Crippen LogP contribution is 2.23. The van der Waals surface area contributed by atoms with E-state index in [0.29, 0.717) is 44.2 Å². The molecule has 0 amide bonds. The average Bonchev–Trinajstić information content (AvgIpc) is 3.35. The van der Waals surface area contributed by atoms with E-state index in [1.807, 2.05) is 12.1 Å². The van der Waals surface area contributed by atoms with Crippen molar-refractivity contribution in [3.8, 4) is 17.1 Å². The molecule has 7 nitrogen and oxygen atoms in total. The van der Waals surface area contributed by atoms with Crippen LogP contribution in [0.3, 0.4) is 0 Å². The number of hydrogen-bond donors (Lipinski definition) is 1. The Hall–Kier alpha value is -2.55. The van der Waals surface area contributed by atoms with Crippen molar-refractivity contribution in [2.45, 2.75) is 17.5 Å². The second-order valence-electron chi connectivity index (χ2n) is 5.62. The molecule has 1 N–H and O–H groups in total. The van der Waals surface area contributed by atoms with Crippen LogP contribution in [0.2, 0.25) is 10.0 Å². The van der Waals surface area contributed by atoms with E-state index >= 15 is 0 Å². The van der Waals surface area contributed by atoms with E-state index < -0.39 is 0 Å². The molecule has 0 saturated carbocycles. The van der Waals surface area contributed by atoms with Gasteiger partial charge in [0.25, 0.3) is 0 Å². The summed E-state index contributed by atoms with van der Waals surface area (Å²) in [7, 11) is 0. The number of thioether (sulfide) groups is 1. The molecular formula is C18H13Cl2N5O2S. The Morgan fingerprint density at radius 1 is 1.04 bits per heavy atom. The third kappa shape index (κ3) is 4.83. The zero-order chi connectivity index (χ0) is 19.3.